The number of carboxylic acid groups (broad SMARTS) is 1. The van der Waals surface area contributed by atoms with Crippen LogP contribution in [0.2, 0.25) is 0 Å². The van der Waals surface area contributed by atoms with Crippen molar-refractivity contribution in [1.82, 2.24) is 0 Å². The second-order valence-corrected chi connectivity index (χ2v) is 5.76. The summed E-state index contributed by atoms with van der Waals surface area (Å²) in [6, 6.07) is 5.67. The van der Waals surface area contributed by atoms with Crippen LogP contribution in [0.25, 0.3) is 0 Å². The van der Waals surface area contributed by atoms with E-state index in [0.717, 1.165) is 15.7 Å². The minimum Gasteiger partial charge on any atom is -0.481 e. The Balaban J connectivity index is 2.02. The maximum Gasteiger partial charge on any atom is 0.306 e. The fraction of sp³-hybridized carbons (Fsp3) is 0.429. The second kappa shape index (κ2) is 5.74. The van der Waals surface area contributed by atoms with Crippen LogP contribution >= 0.6 is 15.9 Å². The minimum absolute atomic E-state index is 0.0879. The summed E-state index contributed by atoms with van der Waals surface area (Å²) in [5.74, 6) is -1.47. The zero-order valence-electron chi connectivity index (χ0n) is 10.6. The average Bonchev–Trinajstić information content (AvgIpc) is 2.84. The van der Waals surface area contributed by atoms with E-state index in [1.165, 1.54) is 0 Å². The summed E-state index contributed by atoms with van der Waals surface area (Å²) >= 11 is 3.44. The molecule has 1 fully saturated rings. The Morgan fingerprint density at radius 2 is 2.00 bits per heavy atom. The molecule has 1 aromatic rings. The van der Waals surface area contributed by atoms with E-state index in [2.05, 4.69) is 21.2 Å². The van der Waals surface area contributed by atoms with Crippen LogP contribution in [0.5, 0.6) is 0 Å². The first kappa shape index (κ1) is 14.1. The number of hydrogen-bond acceptors (Lipinski definition) is 2. The molecule has 19 heavy (non-hydrogen) atoms. The van der Waals surface area contributed by atoms with Crippen LogP contribution < -0.4 is 5.32 Å². The smallest absolute Gasteiger partial charge is 0.306 e. The van der Waals surface area contributed by atoms with Crippen molar-refractivity contribution >= 4 is 33.5 Å². The van der Waals surface area contributed by atoms with Gasteiger partial charge in [0.15, 0.2) is 0 Å². The third kappa shape index (κ3) is 3.15. The van der Waals surface area contributed by atoms with Gasteiger partial charge in [0.25, 0.3) is 0 Å². The Kier molecular flexibility index (Phi) is 4.24. The van der Waals surface area contributed by atoms with Gasteiger partial charge in [-0.25, -0.2) is 0 Å². The number of aliphatic carboxylic acids is 1. The van der Waals surface area contributed by atoms with Gasteiger partial charge in [-0.15, -0.1) is 0 Å². The first-order valence-corrected chi connectivity index (χ1v) is 7.07. The highest BCUT2D eigenvalue weighted by atomic mass is 79.9. The van der Waals surface area contributed by atoms with Crippen molar-refractivity contribution in [3.05, 3.63) is 28.2 Å². The molecule has 1 aromatic carbocycles. The summed E-state index contributed by atoms with van der Waals surface area (Å²) < 4.78 is 0.871. The van der Waals surface area contributed by atoms with E-state index < -0.39 is 5.97 Å². The maximum absolute atomic E-state index is 12.1. The number of anilines is 1. The monoisotopic (exact) mass is 325 g/mol. The van der Waals surface area contributed by atoms with Crippen molar-refractivity contribution in [2.75, 3.05) is 5.32 Å². The molecule has 0 saturated heterocycles. The molecule has 0 aliphatic heterocycles. The van der Waals surface area contributed by atoms with Gasteiger partial charge < -0.3 is 10.4 Å². The van der Waals surface area contributed by atoms with E-state index in [1.54, 1.807) is 0 Å². The molecule has 0 spiro atoms. The Morgan fingerprint density at radius 1 is 1.32 bits per heavy atom. The molecule has 2 atom stereocenters. The molecule has 0 radical (unpaired) electrons. The number of hydrogen-bond donors (Lipinski definition) is 2. The summed E-state index contributed by atoms with van der Waals surface area (Å²) in [5.41, 5.74) is 1.79. The second-order valence-electron chi connectivity index (χ2n) is 4.97. The van der Waals surface area contributed by atoms with Gasteiger partial charge >= 0.3 is 5.97 Å². The molecule has 5 heteroatoms. The van der Waals surface area contributed by atoms with Gasteiger partial charge in [-0.2, -0.15) is 0 Å². The van der Waals surface area contributed by atoms with Gasteiger partial charge in [0.1, 0.15) is 0 Å². The van der Waals surface area contributed by atoms with Crippen molar-refractivity contribution in [3.63, 3.8) is 0 Å². The van der Waals surface area contributed by atoms with E-state index in [4.69, 9.17) is 5.11 Å². The molecule has 0 bridgehead atoms. The fourth-order valence-electron chi connectivity index (χ4n) is 2.42. The number of nitrogens with one attached hydrogen (secondary N) is 1. The fourth-order valence-corrected chi connectivity index (χ4v) is 2.79. The summed E-state index contributed by atoms with van der Waals surface area (Å²) in [6.45, 7) is 1.95. The predicted octanol–water partition coefficient (Wildman–Crippen LogP) is 3.20. The zero-order chi connectivity index (χ0) is 14.0. The SMILES string of the molecule is Cc1cccc(NC(=O)C2CCC(C(=O)O)C2)c1Br. The Hall–Kier alpha value is -1.36. The van der Waals surface area contributed by atoms with Crippen LogP contribution in [0.4, 0.5) is 5.69 Å². The lowest BCUT2D eigenvalue weighted by atomic mass is 10.0. The number of benzene rings is 1. The lowest BCUT2D eigenvalue weighted by Gasteiger charge is -2.13. The number of halogens is 1. The standard InChI is InChI=1S/C14H16BrNO3/c1-8-3-2-4-11(12(8)15)16-13(17)9-5-6-10(7-9)14(18)19/h2-4,9-10H,5-7H2,1H3,(H,16,17)(H,18,19). The molecule has 102 valence electrons. The Bertz CT molecular complexity index is 515. The zero-order valence-corrected chi connectivity index (χ0v) is 12.2. The van der Waals surface area contributed by atoms with Gasteiger partial charge in [-0.1, -0.05) is 12.1 Å². The first-order chi connectivity index (χ1) is 8.99. The lowest BCUT2D eigenvalue weighted by Crippen LogP contribution is -2.22. The molecule has 4 nitrogen and oxygen atoms in total. The summed E-state index contributed by atoms with van der Waals surface area (Å²) in [6.07, 6.45) is 1.67. The molecule has 1 amide bonds. The molecule has 1 aliphatic carbocycles. The highest BCUT2D eigenvalue weighted by molar-refractivity contribution is 9.10. The maximum atomic E-state index is 12.1. The van der Waals surface area contributed by atoms with Crippen LogP contribution in [0.15, 0.2) is 22.7 Å². The molecule has 1 saturated carbocycles. The summed E-state index contributed by atoms with van der Waals surface area (Å²) in [7, 11) is 0. The number of carbonyl (C=O) groups excluding carboxylic acids is 1. The van der Waals surface area contributed by atoms with Crippen molar-refractivity contribution < 1.29 is 14.7 Å². The number of aryl methyl sites for hydroxylation is 1. The summed E-state index contributed by atoms with van der Waals surface area (Å²) in [4.78, 5) is 23.0. The quantitative estimate of drug-likeness (QED) is 0.896. The van der Waals surface area contributed by atoms with Crippen LogP contribution in [0.3, 0.4) is 0 Å². The largest absolute Gasteiger partial charge is 0.481 e. The molecule has 2 unspecified atom stereocenters. The van der Waals surface area contributed by atoms with Crippen LogP contribution in [0, 0.1) is 18.8 Å². The molecule has 0 heterocycles. The predicted molar refractivity (Wildman–Crippen MR) is 76.0 cm³/mol. The highest BCUT2D eigenvalue weighted by Gasteiger charge is 2.33. The number of rotatable bonds is 3. The highest BCUT2D eigenvalue weighted by Crippen LogP contribution is 2.33. The molecule has 2 rings (SSSR count). The molecule has 1 aliphatic rings. The van der Waals surface area contributed by atoms with E-state index in [9.17, 15) is 9.59 Å². The van der Waals surface area contributed by atoms with Crippen LogP contribution in [0.1, 0.15) is 24.8 Å². The van der Waals surface area contributed by atoms with E-state index in [0.29, 0.717) is 19.3 Å². The van der Waals surface area contributed by atoms with Gasteiger partial charge in [0.05, 0.1) is 11.6 Å². The number of amides is 1. The Morgan fingerprint density at radius 3 is 2.63 bits per heavy atom. The van der Waals surface area contributed by atoms with Gasteiger partial charge in [-0.3, -0.25) is 9.59 Å². The third-order valence-electron chi connectivity index (χ3n) is 3.60. The van der Waals surface area contributed by atoms with Gasteiger partial charge in [-0.05, 0) is 53.7 Å². The van der Waals surface area contributed by atoms with Crippen LogP contribution in [-0.4, -0.2) is 17.0 Å². The normalized spacial score (nSPS) is 22.2. The van der Waals surface area contributed by atoms with E-state index in [-0.39, 0.29) is 17.7 Å². The minimum atomic E-state index is -0.799. The van der Waals surface area contributed by atoms with Crippen molar-refractivity contribution in [2.45, 2.75) is 26.2 Å². The molecule has 0 aromatic heterocycles. The van der Waals surface area contributed by atoms with Gasteiger partial charge in [0.2, 0.25) is 5.91 Å². The van der Waals surface area contributed by atoms with Gasteiger partial charge in [0, 0.05) is 10.4 Å². The average molecular weight is 326 g/mol. The molecular formula is C14H16BrNO3. The first-order valence-electron chi connectivity index (χ1n) is 6.28. The topological polar surface area (TPSA) is 66.4 Å². The third-order valence-corrected chi connectivity index (χ3v) is 4.65. The molecule has 2 N–H and O–H groups in total. The molecular weight excluding hydrogens is 310 g/mol. The van der Waals surface area contributed by atoms with Crippen molar-refractivity contribution in [3.8, 4) is 0 Å². The van der Waals surface area contributed by atoms with E-state index in [1.807, 2.05) is 25.1 Å². The lowest BCUT2D eigenvalue weighted by molar-refractivity contribution is -0.141. The van der Waals surface area contributed by atoms with E-state index >= 15 is 0 Å². The van der Waals surface area contributed by atoms with Crippen molar-refractivity contribution in [2.24, 2.45) is 11.8 Å². The summed E-state index contributed by atoms with van der Waals surface area (Å²) in [5, 5.41) is 11.8. The Labute approximate surface area is 120 Å². The number of carbonyl (C=O) groups is 2. The van der Waals surface area contributed by atoms with Crippen molar-refractivity contribution in [1.29, 1.82) is 0 Å². The van der Waals surface area contributed by atoms with Crippen LogP contribution in [-0.2, 0) is 9.59 Å². The number of carboxylic acids is 1.